The van der Waals surface area contributed by atoms with Crippen molar-refractivity contribution < 1.29 is 0 Å². The van der Waals surface area contributed by atoms with Gasteiger partial charge in [-0.1, -0.05) is 36.3 Å². The molecule has 1 fully saturated rings. The SMILES string of the molecule is C#CCN(C)CC1CCN(Cc2ccccc2)C1. The molecule has 0 N–H and O–H groups in total. The van der Waals surface area contributed by atoms with Gasteiger partial charge in [-0.2, -0.15) is 0 Å². The van der Waals surface area contributed by atoms with Crippen molar-refractivity contribution in [2.75, 3.05) is 33.2 Å². The molecule has 0 amide bonds. The van der Waals surface area contributed by atoms with Crippen LogP contribution in [0.5, 0.6) is 0 Å². The standard InChI is InChI=1S/C16H22N2/c1-3-10-17(2)12-16-9-11-18(14-16)13-15-7-5-4-6-8-15/h1,4-8,16H,9-14H2,2H3. The molecule has 0 radical (unpaired) electrons. The Labute approximate surface area is 111 Å². The van der Waals surface area contributed by atoms with E-state index < -0.39 is 0 Å². The Balaban J connectivity index is 1.77. The Kier molecular flexibility index (Phi) is 4.81. The summed E-state index contributed by atoms with van der Waals surface area (Å²) in [6.07, 6.45) is 6.62. The molecule has 1 aliphatic heterocycles. The van der Waals surface area contributed by atoms with Gasteiger partial charge in [-0.3, -0.25) is 9.80 Å². The van der Waals surface area contributed by atoms with E-state index in [1.807, 2.05) is 0 Å². The molecule has 1 unspecified atom stereocenters. The molecule has 0 aliphatic carbocycles. The second kappa shape index (κ2) is 6.58. The van der Waals surface area contributed by atoms with Crippen molar-refractivity contribution in [3.63, 3.8) is 0 Å². The van der Waals surface area contributed by atoms with Gasteiger partial charge in [-0.25, -0.2) is 0 Å². The van der Waals surface area contributed by atoms with Gasteiger partial charge in [0.15, 0.2) is 0 Å². The van der Waals surface area contributed by atoms with Gasteiger partial charge in [-0.05, 0) is 31.5 Å². The average molecular weight is 242 g/mol. The molecule has 18 heavy (non-hydrogen) atoms. The van der Waals surface area contributed by atoms with E-state index in [2.05, 4.69) is 53.1 Å². The van der Waals surface area contributed by atoms with Crippen LogP contribution in [-0.4, -0.2) is 43.0 Å². The lowest BCUT2D eigenvalue weighted by atomic mass is 10.1. The molecule has 96 valence electrons. The lowest BCUT2D eigenvalue weighted by molar-refractivity contribution is 0.276. The summed E-state index contributed by atoms with van der Waals surface area (Å²) in [6, 6.07) is 10.7. The molecule has 0 spiro atoms. The molecule has 1 atom stereocenters. The maximum absolute atomic E-state index is 5.33. The summed E-state index contributed by atoms with van der Waals surface area (Å²) in [5, 5.41) is 0. The molecule has 0 saturated carbocycles. The number of likely N-dealkylation sites (tertiary alicyclic amines) is 1. The van der Waals surface area contributed by atoms with Gasteiger partial charge in [0.05, 0.1) is 6.54 Å². The highest BCUT2D eigenvalue weighted by Crippen LogP contribution is 2.19. The van der Waals surface area contributed by atoms with Gasteiger partial charge in [0.1, 0.15) is 0 Å². The summed E-state index contributed by atoms with van der Waals surface area (Å²) in [5.41, 5.74) is 1.41. The van der Waals surface area contributed by atoms with Crippen molar-refractivity contribution in [1.29, 1.82) is 0 Å². The molecule has 2 heteroatoms. The van der Waals surface area contributed by atoms with Crippen LogP contribution in [0.25, 0.3) is 0 Å². The van der Waals surface area contributed by atoms with E-state index in [9.17, 15) is 0 Å². The van der Waals surface area contributed by atoms with Gasteiger partial charge >= 0.3 is 0 Å². The maximum Gasteiger partial charge on any atom is 0.0596 e. The lowest BCUT2D eigenvalue weighted by Crippen LogP contribution is -2.28. The van der Waals surface area contributed by atoms with Crippen molar-refractivity contribution in [1.82, 2.24) is 9.80 Å². The number of terminal acetylenes is 1. The van der Waals surface area contributed by atoms with Crippen molar-refractivity contribution in [2.45, 2.75) is 13.0 Å². The summed E-state index contributed by atoms with van der Waals surface area (Å²) in [4.78, 5) is 4.79. The average Bonchev–Trinajstić information content (AvgIpc) is 2.78. The Morgan fingerprint density at radius 3 is 2.89 bits per heavy atom. The Morgan fingerprint density at radius 1 is 1.39 bits per heavy atom. The molecule has 0 bridgehead atoms. The highest BCUT2D eigenvalue weighted by Gasteiger charge is 2.23. The van der Waals surface area contributed by atoms with Gasteiger partial charge < -0.3 is 0 Å². The first-order valence-corrected chi connectivity index (χ1v) is 6.66. The van der Waals surface area contributed by atoms with E-state index in [4.69, 9.17) is 6.42 Å². The Hall–Kier alpha value is -1.30. The topological polar surface area (TPSA) is 6.48 Å². The number of benzene rings is 1. The minimum Gasteiger partial charge on any atom is -0.299 e. The first kappa shape index (κ1) is 13.1. The Bertz CT molecular complexity index is 393. The van der Waals surface area contributed by atoms with Crippen LogP contribution in [-0.2, 0) is 6.54 Å². The molecule has 1 aromatic rings. The number of rotatable bonds is 5. The minimum absolute atomic E-state index is 0.759. The second-order valence-corrected chi connectivity index (χ2v) is 5.28. The normalized spacial score (nSPS) is 20.2. The predicted octanol–water partition coefficient (Wildman–Crippen LogP) is 2.07. The zero-order valence-corrected chi connectivity index (χ0v) is 11.2. The van der Waals surface area contributed by atoms with Gasteiger partial charge in [0.25, 0.3) is 0 Å². The first-order valence-electron chi connectivity index (χ1n) is 6.66. The summed E-state index contributed by atoms with van der Waals surface area (Å²) in [7, 11) is 2.11. The zero-order chi connectivity index (χ0) is 12.8. The lowest BCUT2D eigenvalue weighted by Gasteiger charge is -2.19. The fourth-order valence-electron chi connectivity index (χ4n) is 2.71. The van der Waals surface area contributed by atoms with Gasteiger partial charge in [0, 0.05) is 19.6 Å². The van der Waals surface area contributed by atoms with Crippen LogP contribution in [0.15, 0.2) is 30.3 Å². The van der Waals surface area contributed by atoms with Crippen LogP contribution in [0.1, 0.15) is 12.0 Å². The van der Waals surface area contributed by atoms with Gasteiger partial charge in [0.2, 0.25) is 0 Å². The predicted molar refractivity (Wildman–Crippen MR) is 76.2 cm³/mol. The minimum atomic E-state index is 0.759. The maximum atomic E-state index is 5.33. The van der Waals surface area contributed by atoms with E-state index in [-0.39, 0.29) is 0 Å². The van der Waals surface area contributed by atoms with Crippen LogP contribution in [0.2, 0.25) is 0 Å². The van der Waals surface area contributed by atoms with Crippen molar-refractivity contribution in [3.8, 4) is 12.3 Å². The highest BCUT2D eigenvalue weighted by atomic mass is 15.2. The fraction of sp³-hybridized carbons (Fsp3) is 0.500. The Morgan fingerprint density at radius 2 is 2.17 bits per heavy atom. The van der Waals surface area contributed by atoms with Crippen LogP contribution in [0, 0.1) is 18.3 Å². The second-order valence-electron chi connectivity index (χ2n) is 5.28. The summed E-state index contributed by atoms with van der Waals surface area (Å²) in [5.74, 6) is 3.48. The molecule has 1 saturated heterocycles. The fourth-order valence-corrected chi connectivity index (χ4v) is 2.71. The third-order valence-electron chi connectivity index (χ3n) is 3.55. The van der Waals surface area contributed by atoms with E-state index in [0.717, 1.165) is 25.6 Å². The zero-order valence-electron chi connectivity index (χ0n) is 11.2. The summed E-state index contributed by atoms with van der Waals surface area (Å²) < 4.78 is 0. The van der Waals surface area contributed by atoms with Crippen LogP contribution >= 0.6 is 0 Å². The van der Waals surface area contributed by atoms with Crippen LogP contribution in [0.4, 0.5) is 0 Å². The van der Waals surface area contributed by atoms with Crippen molar-refractivity contribution in [2.24, 2.45) is 5.92 Å². The largest absolute Gasteiger partial charge is 0.299 e. The number of hydrogen-bond donors (Lipinski definition) is 0. The molecule has 2 nitrogen and oxygen atoms in total. The summed E-state index contributed by atoms with van der Waals surface area (Å²) in [6.45, 7) is 5.37. The molecule has 1 aliphatic rings. The highest BCUT2D eigenvalue weighted by molar-refractivity contribution is 5.14. The number of nitrogens with zero attached hydrogens (tertiary/aromatic N) is 2. The molecule has 0 aromatic heterocycles. The van der Waals surface area contributed by atoms with Crippen LogP contribution < -0.4 is 0 Å². The van der Waals surface area contributed by atoms with Crippen molar-refractivity contribution >= 4 is 0 Å². The molecular weight excluding hydrogens is 220 g/mol. The molecule has 1 heterocycles. The van der Waals surface area contributed by atoms with Crippen molar-refractivity contribution in [3.05, 3.63) is 35.9 Å². The monoisotopic (exact) mass is 242 g/mol. The van der Waals surface area contributed by atoms with Crippen LogP contribution in [0.3, 0.4) is 0 Å². The summed E-state index contributed by atoms with van der Waals surface area (Å²) >= 11 is 0. The van der Waals surface area contributed by atoms with E-state index in [1.165, 1.54) is 25.1 Å². The van der Waals surface area contributed by atoms with E-state index in [1.54, 1.807) is 0 Å². The van der Waals surface area contributed by atoms with Gasteiger partial charge in [-0.15, -0.1) is 6.42 Å². The molecule has 2 rings (SSSR count). The number of hydrogen-bond acceptors (Lipinski definition) is 2. The molecule has 1 aromatic carbocycles. The third-order valence-corrected chi connectivity index (χ3v) is 3.55. The smallest absolute Gasteiger partial charge is 0.0596 e. The molecular formula is C16H22N2. The third kappa shape index (κ3) is 3.87. The first-order chi connectivity index (χ1) is 8.78. The van der Waals surface area contributed by atoms with E-state index >= 15 is 0 Å². The quantitative estimate of drug-likeness (QED) is 0.729. The van der Waals surface area contributed by atoms with E-state index in [0.29, 0.717) is 0 Å².